The summed E-state index contributed by atoms with van der Waals surface area (Å²) in [5.74, 6) is -0.699. The molecule has 0 unspecified atom stereocenters. The largest absolute Gasteiger partial charge is 0.435 e. The molecule has 1 heterocycles. The Bertz CT molecular complexity index is 1030. The monoisotopic (exact) mass is 458 g/mol. The number of aromatic nitrogens is 2. The fourth-order valence-corrected chi connectivity index (χ4v) is 3.01. The number of benzene rings is 2. The number of rotatable bonds is 10. The fourth-order valence-electron chi connectivity index (χ4n) is 3.01. The van der Waals surface area contributed by atoms with Crippen molar-refractivity contribution in [2.24, 2.45) is 0 Å². The zero-order valence-corrected chi connectivity index (χ0v) is 17.8. The van der Waals surface area contributed by atoms with Crippen molar-refractivity contribution < 1.29 is 28.5 Å². The third kappa shape index (κ3) is 6.93. The van der Waals surface area contributed by atoms with Crippen molar-refractivity contribution >= 4 is 17.5 Å². The number of amides is 1. The number of alkyl halides is 2. The summed E-state index contributed by atoms with van der Waals surface area (Å²) in [5.41, 5.74) is 2.76. The smallest absolute Gasteiger partial charge is 0.387 e. The van der Waals surface area contributed by atoms with Crippen LogP contribution in [0.4, 0.5) is 20.4 Å². The van der Waals surface area contributed by atoms with Gasteiger partial charge < -0.3 is 25.6 Å². The highest BCUT2D eigenvalue weighted by Crippen LogP contribution is 2.24. The Balaban J connectivity index is 1.62. The molecule has 0 saturated heterocycles. The summed E-state index contributed by atoms with van der Waals surface area (Å²) < 4.78 is 28.8. The molecule has 0 spiro atoms. The quantitative estimate of drug-likeness (QED) is 0.369. The van der Waals surface area contributed by atoms with Gasteiger partial charge in [0.05, 0.1) is 18.6 Å². The molecular weight excluding hydrogens is 434 g/mol. The van der Waals surface area contributed by atoms with Crippen molar-refractivity contribution in [3.8, 4) is 16.9 Å². The lowest BCUT2D eigenvalue weighted by Gasteiger charge is -2.16. The molecule has 174 valence electrons. The number of anilines is 2. The molecule has 0 fully saturated rings. The first-order valence-electron chi connectivity index (χ1n) is 10.2. The number of carbonyl (C=O) groups is 1. The van der Waals surface area contributed by atoms with Crippen LogP contribution in [0.5, 0.6) is 5.75 Å². The highest BCUT2D eigenvalue weighted by Gasteiger charge is 2.19. The minimum Gasteiger partial charge on any atom is -0.435 e. The Labute approximate surface area is 189 Å². The van der Waals surface area contributed by atoms with E-state index in [0.29, 0.717) is 22.8 Å². The molecule has 2 aromatic carbocycles. The first-order valence-corrected chi connectivity index (χ1v) is 10.2. The van der Waals surface area contributed by atoms with Gasteiger partial charge in [-0.3, -0.25) is 4.79 Å². The molecule has 0 aliphatic carbocycles. The average Bonchev–Trinajstić information content (AvgIpc) is 2.80. The molecule has 0 saturated carbocycles. The van der Waals surface area contributed by atoms with E-state index in [1.54, 1.807) is 55.7 Å². The molecule has 0 bridgehead atoms. The number of aliphatic hydroxyl groups is 2. The van der Waals surface area contributed by atoms with Gasteiger partial charge in [0.1, 0.15) is 5.75 Å². The number of hydrogen-bond acceptors (Lipinski definition) is 7. The van der Waals surface area contributed by atoms with E-state index in [0.717, 1.165) is 5.56 Å². The maximum atomic E-state index is 12.3. The number of carbonyl (C=O) groups excluding carboxylic acids is 1. The van der Waals surface area contributed by atoms with Crippen molar-refractivity contribution in [2.45, 2.75) is 25.6 Å². The van der Waals surface area contributed by atoms with Crippen LogP contribution in [0, 0.1) is 0 Å². The molecule has 1 amide bonds. The summed E-state index contributed by atoms with van der Waals surface area (Å²) in [6.07, 6.45) is 2.52. The van der Waals surface area contributed by atoms with Crippen LogP contribution in [0.15, 0.2) is 60.9 Å². The minimum absolute atomic E-state index is 0.0697. The maximum Gasteiger partial charge on any atom is 0.387 e. The summed E-state index contributed by atoms with van der Waals surface area (Å²) >= 11 is 0. The Kier molecular flexibility index (Phi) is 8.22. The van der Waals surface area contributed by atoms with Gasteiger partial charge in [-0.25, -0.2) is 9.97 Å². The standard InChI is InChI=1S/C23H24F2N4O4/c1-14(31)10-26-21(32)20(13-30)16-2-6-18(7-3-16)29-23-27-11-17(12-28-23)15-4-8-19(9-5-15)33-22(24)25/h2-9,11-12,14,20,22,30-31H,10,13H2,1H3,(H,26,32)(H,27,28,29)/t14-,20+/m1/s1. The van der Waals surface area contributed by atoms with Gasteiger partial charge in [-0.1, -0.05) is 24.3 Å². The predicted molar refractivity (Wildman–Crippen MR) is 118 cm³/mol. The molecule has 8 nitrogen and oxygen atoms in total. The second-order valence-electron chi connectivity index (χ2n) is 7.27. The molecule has 0 aliphatic heterocycles. The third-order valence-corrected chi connectivity index (χ3v) is 4.70. The van der Waals surface area contributed by atoms with Crippen LogP contribution in [-0.2, 0) is 4.79 Å². The van der Waals surface area contributed by atoms with Gasteiger partial charge in [0.2, 0.25) is 11.9 Å². The van der Waals surface area contributed by atoms with Crippen LogP contribution in [0.2, 0.25) is 0 Å². The predicted octanol–water partition coefficient (Wildman–Crippen LogP) is 3.06. The van der Waals surface area contributed by atoms with E-state index in [1.165, 1.54) is 12.1 Å². The van der Waals surface area contributed by atoms with Crippen LogP contribution < -0.4 is 15.4 Å². The van der Waals surface area contributed by atoms with E-state index in [9.17, 15) is 23.8 Å². The maximum absolute atomic E-state index is 12.3. The zero-order chi connectivity index (χ0) is 23.8. The molecule has 0 radical (unpaired) electrons. The van der Waals surface area contributed by atoms with E-state index >= 15 is 0 Å². The first-order chi connectivity index (χ1) is 15.9. The minimum atomic E-state index is -2.87. The SMILES string of the molecule is C[C@@H](O)CNC(=O)[C@@H](CO)c1ccc(Nc2ncc(-c3ccc(OC(F)F)cc3)cn2)cc1. The molecule has 10 heteroatoms. The van der Waals surface area contributed by atoms with Crippen LogP contribution in [-0.4, -0.2) is 52.0 Å². The van der Waals surface area contributed by atoms with Crippen LogP contribution in [0.3, 0.4) is 0 Å². The van der Waals surface area contributed by atoms with Crippen molar-refractivity contribution in [3.05, 3.63) is 66.5 Å². The van der Waals surface area contributed by atoms with Gasteiger partial charge in [0.25, 0.3) is 0 Å². The van der Waals surface area contributed by atoms with Gasteiger partial charge >= 0.3 is 6.61 Å². The summed E-state index contributed by atoms with van der Waals surface area (Å²) in [6.45, 7) is -1.57. The third-order valence-electron chi connectivity index (χ3n) is 4.70. The van der Waals surface area contributed by atoms with Gasteiger partial charge in [-0.05, 0) is 42.3 Å². The van der Waals surface area contributed by atoms with E-state index in [4.69, 9.17) is 0 Å². The van der Waals surface area contributed by atoms with Crippen molar-refractivity contribution in [1.82, 2.24) is 15.3 Å². The fraction of sp³-hybridized carbons (Fsp3) is 0.261. The molecule has 4 N–H and O–H groups in total. The molecular formula is C23H24F2N4O4. The highest BCUT2D eigenvalue weighted by molar-refractivity contribution is 5.84. The van der Waals surface area contributed by atoms with Gasteiger partial charge in [-0.2, -0.15) is 8.78 Å². The highest BCUT2D eigenvalue weighted by atomic mass is 19.3. The molecule has 33 heavy (non-hydrogen) atoms. The van der Waals surface area contributed by atoms with Crippen LogP contribution in [0.1, 0.15) is 18.4 Å². The van der Waals surface area contributed by atoms with Gasteiger partial charge in [0, 0.05) is 30.2 Å². The number of nitrogens with zero attached hydrogens (tertiary/aromatic N) is 2. The van der Waals surface area contributed by atoms with E-state index in [1.807, 2.05) is 0 Å². The lowest BCUT2D eigenvalue weighted by atomic mass is 9.98. The number of hydrogen-bond donors (Lipinski definition) is 4. The lowest BCUT2D eigenvalue weighted by Crippen LogP contribution is -2.35. The average molecular weight is 458 g/mol. The molecule has 1 aromatic heterocycles. The molecule has 2 atom stereocenters. The number of aliphatic hydroxyl groups excluding tert-OH is 2. The van der Waals surface area contributed by atoms with E-state index < -0.39 is 18.6 Å². The van der Waals surface area contributed by atoms with Crippen molar-refractivity contribution in [1.29, 1.82) is 0 Å². The second-order valence-corrected chi connectivity index (χ2v) is 7.27. The molecule has 3 rings (SSSR count). The molecule has 0 aliphatic rings. The summed E-state index contributed by atoms with van der Waals surface area (Å²) in [7, 11) is 0. The van der Waals surface area contributed by atoms with Crippen molar-refractivity contribution in [3.63, 3.8) is 0 Å². The topological polar surface area (TPSA) is 117 Å². The summed E-state index contributed by atoms with van der Waals surface area (Å²) in [6, 6.07) is 13.1. The lowest BCUT2D eigenvalue weighted by molar-refractivity contribution is -0.123. The molecule has 3 aromatic rings. The van der Waals surface area contributed by atoms with Gasteiger partial charge in [-0.15, -0.1) is 0 Å². The Morgan fingerprint density at radius 1 is 1.03 bits per heavy atom. The Hall–Kier alpha value is -3.63. The van der Waals surface area contributed by atoms with E-state index in [-0.39, 0.29) is 24.8 Å². The summed E-state index contributed by atoms with van der Waals surface area (Å²) in [4.78, 5) is 20.7. The summed E-state index contributed by atoms with van der Waals surface area (Å²) in [5, 5.41) is 24.5. The number of nitrogens with one attached hydrogen (secondary N) is 2. The number of halogens is 2. The van der Waals surface area contributed by atoms with Crippen LogP contribution in [0.25, 0.3) is 11.1 Å². The van der Waals surface area contributed by atoms with Gasteiger partial charge in [0.15, 0.2) is 0 Å². The Morgan fingerprint density at radius 2 is 1.67 bits per heavy atom. The van der Waals surface area contributed by atoms with E-state index in [2.05, 4.69) is 25.3 Å². The number of ether oxygens (including phenoxy) is 1. The Morgan fingerprint density at radius 3 is 2.21 bits per heavy atom. The second kappa shape index (κ2) is 11.3. The first kappa shape index (κ1) is 24.0. The normalized spacial score (nSPS) is 12.8. The zero-order valence-electron chi connectivity index (χ0n) is 17.8. The van der Waals surface area contributed by atoms with Crippen LogP contribution >= 0.6 is 0 Å². The van der Waals surface area contributed by atoms with Crippen molar-refractivity contribution in [2.75, 3.05) is 18.5 Å².